The number of nitrogens with one attached hydrogen (secondary N) is 1. The van der Waals surface area contributed by atoms with E-state index in [0.29, 0.717) is 21.6 Å². The average Bonchev–Trinajstić information content (AvgIpc) is 2.67. The van der Waals surface area contributed by atoms with E-state index in [4.69, 9.17) is 0 Å². The van der Waals surface area contributed by atoms with Crippen LogP contribution in [0.3, 0.4) is 0 Å². The van der Waals surface area contributed by atoms with E-state index < -0.39 is 10.8 Å². The Morgan fingerprint density at radius 1 is 1.24 bits per heavy atom. The molecule has 9 heteroatoms. The van der Waals surface area contributed by atoms with Crippen molar-refractivity contribution in [1.29, 1.82) is 0 Å². The summed E-state index contributed by atoms with van der Waals surface area (Å²) in [5.41, 5.74) is 1.01. The third-order valence-electron chi connectivity index (χ3n) is 4.34. The Labute approximate surface area is 171 Å². The first-order valence-electron chi connectivity index (χ1n) is 8.97. The number of hydrogen-bond acceptors (Lipinski definition) is 6. The van der Waals surface area contributed by atoms with Crippen molar-refractivity contribution in [3.8, 4) is 0 Å². The van der Waals surface area contributed by atoms with Gasteiger partial charge in [-0.1, -0.05) is 36.0 Å². The average molecular weight is 412 g/mol. The number of nitrogens with zero attached hydrogens (tertiary/aromatic N) is 3. The zero-order valence-corrected chi connectivity index (χ0v) is 17.0. The molecule has 0 spiro atoms. The van der Waals surface area contributed by atoms with Crippen LogP contribution in [0.4, 0.5) is 11.4 Å². The molecule has 1 heterocycles. The largest absolute Gasteiger partial charge is 0.319 e. The minimum atomic E-state index is -0.531. The van der Waals surface area contributed by atoms with Crippen LogP contribution in [0.1, 0.15) is 25.5 Å². The molecule has 29 heavy (non-hydrogen) atoms. The lowest BCUT2D eigenvalue weighted by Gasteiger charge is -2.16. The fourth-order valence-corrected chi connectivity index (χ4v) is 3.88. The van der Waals surface area contributed by atoms with Gasteiger partial charge >= 0.3 is 0 Å². The van der Waals surface area contributed by atoms with E-state index in [9.17, 15) is 19.7 Å². The summed E-state index contributed by atoms with van der Waals surface area (Å²) in [6.45, 7) is 5.44. The Hall–Kier alpha value is -3.20. The number of fused-ring (bicyclic) bond motifs is 1. The van der Waals surface area contributed by atoms with Crippen LogP contribution in [0, 0.1) is 17.0 Å². The van der Waals surface area contributed by atoms with Crippen LogP contribution in [-0.4, -0.2) is 26.1 Å². The lowest BCUT2D eigenvalue weighted by Crippen LogP contribution is -2.25. The smallest absolute Gasteiger partial charge is 0.293 e. The SMILES string of the molecule is Cc1cccc([N+](=O)[O-])c1NC(=O)CSc1nc2ccccc2c(=O)n1C(C)C. The molecule has 0 radical (unpaired) electrons. The molecular formula is C20H20N4O4S. The van der Waals surface area contributed by atoms with Gasteiger partial charge in [0.05, 0.1) is 21.6 Å². The van der Waals surface area contributed by atoms with E-state index in [2.05, 4.69) is 10.3 Å². The van der Waals surface area contributed by atoms with Gasteiger partial charge in [0, 0.05) is 12.1 Å². The van der Waals surface area contributed by atoms with Gasteiger partial charge in [0.25, 0.3) is 11.2 Å². The number of aromatic nitrogens is 2. The number of nitro benzene ring substituents is 1. The number of para-hydroxylation sites is 2. The summed E-state index contributed by atoms with van der Waals surface area (Å²) >= 11 is 1.12. The van der Waals surface area contributed by atoms with Crippen molar-refractivity contribution in [3.63, 3.8) is 0 Å². The number of nitro groups is 1. The zero-order chi connectivity index (χ0) is 21.1. The fourth-order valence-electron chi connectivity index (χ4n) is 2.96. The topological polar surface area (TPSA) is 107 Å². The van der Waals surface area contributed by atoms with Crippen molar-refractivity contribution < 1.29 is 9.72 Å². The Morgan fingerprint density at radius 2 is 1.97 bits per heavy atom. The first-order valence-corrected chi connectivity index (χ1v) is 9.96. The highest BCUT2D eigenvalue weighted by atomic mass is 32.2. The molecule has 0 saturated heterocycles. The summed E-state index contributed by atoms with van der Waals surface area (Å²) in [7, 11) is 0. The molecule has 1 N–H and O–H groups in total. The lowest BCUT2D eigenvalue weighted by molar-refractivity contribution is -0.384. The van der Waals surface area contributed by atoms with Gasteiger partial charge in [-0.05, 0) is 38.5 Å². The summed E-state index contributed by atoms with van der Waals surface area (Å²) in [6, 6.07) is 11.5. The van der Waals surface area contributed by atoms with Crippen LogP contribution in [0.25, 0.3) is 10.9 Å². The highest BCUT2D eigenvalue weighted by molar-refractivity contribution is 7.99. The van der Waals surface area contributed by atoms with E-state index in [-0.39, 0.29) is 28.7 Å². The molecule has 0 bridgehead atoms. The molecule has 0 saturated carbocycles. The third-order valence-corrected chi connectivity index (χ3v) is 5.29. The van der Waals surface area contributed by atoms with Crippen molar-refractivity contribution >= 4 is 39.9 Å². The number of rotatable bonds is 6. The molecule has 0 fully saturated rings. The molecule has 0 aliphatic carbocycles. The van der Waals surface area contributed by atoms with Gasteiger partial charge in [0.1, 0.15) is 5.69 Å². The second kappa shape index (κ2) is 8.44. The van der Waals surface area contributed by atoms with Crippen molar-refractivity contribution in [2.45, 2.75) is 32.0 Å². The minimum absolute atomic E-state index is 0.0387. The summed E-state index contributed by atoms with van der Waals surface area (Å²) in [4.78, 5) is 40.5. The summed E-state index contributed by atoms with van der Waals surface area (Å²) < 4.78 is 1.55. The highest BCUT2D eigenvalue weighted by Gasteiger charge is 2.19. The van der Waals surface area contributed by atoms with Crippen LogP contribution in [0.15, 0.2) is 52.4 Å². The number of benzene rings is 2. The Bertz CT molecular complexity index is 1160. The summed E-state index contributed by atoms with van der Waals surface area (Å²) in [6.07, 6.45) is 0. The van der Waals surface area contributed by atoms with Crippen molar-refractivity contribution in [1.82, 2.24) is 9.55 Å². The van der Waals surface area contributed by atoms with Crippen LogP contribution in [-0.2, 0) is 4.79 Å². The van der Waals surface area contributed by atoms with E-state index in [1.165, 1.54) is 6.07 Å². The van der Waals surface area contributed by atoms with E-state index in [1.807, 2.05) is 13.8 Å². The first-order chi connectivity index (χ1) is 13.8. The summed E-state index contributed by atoms with van der Waals surface area (Å²) in [5, 5.41) is 14.8. The van der Waals surface area contributed by atoms with E-state index >= 15 is 0 Å². The predicted octanol–water partition coefficient (Wildman–Crippen LogP) is 3.92. The standard InChI is InChI=1S/C20H20N4O4S/c1-12(2)23-19(26)14-8-4-5-9-15(14)21-20(23)29-11-17(25)22-18-13(3)7-6-10-16(18)24(27)28/h4-10,12H,11H2,1-3H3,(H,22,25). The lowest BCUT2D eigenvalue weighted by atomic mass is 10.1. The minimum Gasteiger partial charge on any atom is -0.319 e. The van der Waals surface area contributed by atoms with Crippen molar-refractivity contribution in [3.05, 3.63) is 68.5 Å². The number of anilines is 1. The summed E-state index contributed by atoms with van der Waals surface area (Å²) in [5.74, 6) is -0.451. The van der Waals surface area contributed by atoms with Gasteiger partial charge in [-0.15, -0.1) is 0 Å². The predicted molar refractivity (Wildman–Crippen MR) is 114 cm³/mol. The zero-order valence-electron chi connectivity index (χ0n) is 16.2. The molecule has 1 aromatic heterocycles. The third kappa shape index (κ3) is 4.29. The second-order valence-electron chi connectivity index (χ2n) is 6.74. The van der Waals surface area contributed by atoms with Gasteiger partial charge in [-0.3, -0.25) is 24.3 Å². The number of carbonyl (C=O) groups is 1. The molecule has 1 amide bonds. The molecule has 0 aliphatic heterocycles. The van der Waals surface area contributed by atoms with Crippen LogP contribution in [0.2, 0.25) is 0 Å². The van der Waals surface area contributed by atoms with Crippen LogP contribution < -0.4 is 10.9 Å². The molecule has 8 nitrogen and oxygen atoms in total. The molecule has 150 valence electrons. The van der Waals surface area contributed by atoms with E-state index in [0.717, 1.165) is 11.8 Å². The van der Waals surface area contributed by atoms with Crippen LogP contribution >= 0.6 is 11.8 Å². The molecule has 0 unspecified atom stereocenters. The van der Waals surface area contributed by atoms with Gasteiger partial charge < -0.3 is 5.32 Å². The maximum Gasteiger partial charge on any atom is 0.293 e. The van der Waals surface area contributed by atoms with Crippen molar-refractivity contribution in [2.24, 2.45) is 0 Å². The molecule has 3 rings (SSSR count). The first kappa shape index (κ1) is 20.5. The molecular weight excluding hydrogens is 392 g/mol. The molecule has 0 atom stereocenters. The maximum absolute atomic E-state index is 12.8. The normalized spacial score (nSPS) is 11.0. The number of thioether (sulfide) groups is 1. The molecule has 3 aromatic rings. The van der Waals surface area contributed by atoms with Crippen LogP contribution in [0.5, 0.6) is 0 Å². The molecule has 0 aliphatic rings. The number of hydrogen-bond donors (Lipinski definition) is 1. The fraction of sp³-hybridized carbons (Fsp3) is 0.250. The van der Waals surface area contributed by atoms with E-state index in [1.54, 1.807) is 47.9 Å². The molecule has 2 aromatic carbocycles. The maximum atomic E-state index is 12.8. The van der Waals surface area contributed by atoms with Gasteiger partial charge in [-0.25, -0.2) is 4.98 Å². The van der Waals surface area contributed by atoms with Crippen molar-refractivity contribution in [2.75, 3.05) is 11.1 Å². The quantitative estimate of drug-likeness (QED) is 0.285. The monoisotopic (exact) mass is 412 g/mol. The Morgan fingerprint density at radius 3 is 2.66 bits per heavy atom. The second-order valence-corrected chi connectivity index (χ2v) is 7.69. The highest BCUT2D eigenvalue weighted by Crippen LogP contribution is 2.28. The Balaban J connectivity index is 1.86. The van der Waals surface area contributed by atoms with Gasteiger partial charge in [0.15, 0.2) is 5.16 Å². The number of amides is 1. The number of carbonyl (C=O) groups excluding carboxylic acids is 1. The van der Waals surface area contributed by atoms with Gasteiger partial charge in [-0.2, -0.15) is 0 Å². The number of aryl methyl sites for hydroxylation is 1. The van der Waals surface area contributed by atoms with Gasteiger partial charge in [0.2, 0.25) is 5.91 Å². The Kier molecular flexibility index (Phi) is 5.97.